The van der Waals surface area contributed by atoms with Gasteiger partial charge in [-0.1, -0.05) is 47.5 Å². The standard InChI is InChI=1S/C28H21Cl2FN2O4/c29-23-8-5-17(31)13-22(23)26(34)32-18-6-7-20(24(30)14-18)27(35)33-10-9-15-11-16(28(36)37)12-21(15)19-3-1-2-4-25(19)33/h1-8,12-15,21H,9-11H2,(H,32,34)(H,36,37)/t15?,21-/m0/s1. The summed E-state index contributed by atoms with van der Waals surface area (Å²) in [5.41, 5.74) is 2.59. The summed E-state index contributed by atoms with van der Waals surface area (Å²) in [7, 11) is 0. The van der Waals surface area contributed by atoms with E-state index in [0.29, 0.717) is 30.6 Å². The van der Waals surface area contributed by atoms with E-state index in [1.54, 1.807) is 17.0 Å². The van der Waals surface area contributed by atoms with Crippen molar-refractivity contribution in [3.05, 3.63) is 105 Å². The summed E-state index contributed by atoms with van der Waals surface area (Å²) >= 11 is 12.5. The topological polar surface area (TPSA) is 86.7 Å². The summed E-state index contributed by atoms with van der Waals surface area (Å²) in [6.45, 7) is 0.407. The van der Waals surface area contributed by atoms with Gasteiger partial charge in [-0.05, 0) is 66.8 Å². The Hall–Kier alpha value is -3.68. The molecule has 9 heteroatoms. The lowest BCUT2D eigenvalue weighted by Gasteiger charge is -2.24. The highest BCUT2D eigenvalue weighted by Gasteiger charge is 2.37. The van der Waals surface area contributed by atoms with Gasteiger partial charge in [-0.3, -0.25) is 9.59 Å². The molecule has 0 saturated heterocycles. The number of hydrogen-bond donors (Lipinski definition) is 2. The van der Waals surface area contributed by atoms with Crippen molar-refractivity contribution in [3.63, 3.8) is 0 Å². The van der Waals surface area contributed by atoms with Crippen molar-refractivity contribution in [2.75, 3.05) is 16.8 Å². The number of fused-ring (bicyclic) bond motifs is 3. The molecule has 2 atom stereocenters. The fourth-order valence-corrected chi connectivity index (χ4v) is 5.50. The van der Waals surface area contributed by atoms with E-state index in [0.717, 1.165) is 23.4 Å². The van der Waals surface area contributed by atoms with E-state index < -0.39 is 17.7 Å². The maximum absolute atomic E-state index is 13.7. The number of rotatable bonds is 4. The average Bonchev–Trinajstić information content (AvgIpc) is 3.24. The van der Waals surface area contributed by atoms with E-state index >= 15 is 0 Å². The van der Waals surface area contributed by atoms with Crippen LogP contribution in [0.1, 0.15) is 45.0 Å². The number of hydrogen-bond acceptors (Lipinski definition) is 3. The van der Waals surface area contributed by atoms with Crippen LogP contribution in [0.3, 0.4) is 0 Å². The monoisotopic (exact) mass is 538 g/mol. The summed E-state index contributed by atoms with van der Waals surface area (Å²) in [6.07, 6.45) is 2.90. The Labute approximate surface area is 222 Å². The maximum atomic E-state index is 13.7. The van der Waals surface area contributed by atoms with Crippen molar-refractivity contribution in [1.29, 1.82) is 0 Å². The molecule has 3 aromatic carbocycles. The molecule has 1 heterocycles. The Morgan fingerprint density at radius 3 is 2.51 bits per heavy atom. The van der Waals surface area contributed by atoms with Crippen molar-refractivity contribution < 1.29 is 23.9 Å². The van der Waals surface area contributed by atoms with Gasteiger partial charge in [0.1, 0.15) is 5.82 Å². The third-order valence-electron chi connectivity index (χ3n) is 6.83. The Balaban J connectivity index is 1.41. The number of halogens is 3. The summed E-state index contributed by atoms with van der Waals surface area (Å²) in [6, 6.07) is 15.5. The molecule has 0 aromatic heterocycles. The predicted molar refractivity (Wildman–Crippen MR) is 140 cm³/mol. The molecule has 0 saturated carbocycles. The number of amides is 2. The Bertz CT molecular complexity index is 1470. The van der Waals surface area contributed by atoms with Gasteiger partial charge in [0.2, 0.25) is 0 Å². The summed E-state index contributed by atoms with van der Waals surface area (Å²) in [4.78, 5) is 39.5. The lowest BCUT2D eigenvalue weighted by molar-refractivity contribution is -0.132. The van der Waals surface area contributed by atoms with E-state index in [1.807, 2.05) is 24.3 Å². The highest BCUT2D eigenvalue weighted by atomic mass is 35.5. The summed E-state index contributed by atoms with van der Waals surface area (Å²) < 4.78 is 13.6. The number of nitrogens with one attached hydrogen (secondary N) is 1. The van der Waals surface area contributed by atoms with Crippen LogP contribution in [0.2, 0.25) is 10.0 Å². The van der Waals surface area contributed by atoms with Crippen LogP contribution in [0.5, 0.6) is 0 Å². The third kappa shape index (κ3) is 4.84. The molecule has 2 amide bonds. The first kappa shape index (κ1) is 25.0. The van der Waals surface area contributed by atoms with Gasteiger partial charge in [-0.2, -0.15) is 0 Å². The van der Waals surface area contributed by atoms with Crippen LogP contribution in [0.25, 0.3) is 0 Å². The molecule has 3 aromatic rings. The highest BCUT2D eigenvalue weighted by Crippen LogP contribution is 2.46. The van der Waals surface area contributed by atoms with Gasteiger partial charge in [0.05, 0.1) is 21.2 Å². The summed E-state index contributed by atoms with van der Waals surface area (Å²) in [5, 5.41) is 12.3. The zero-order valence-corrected chi connectivity index (χ0v) is 20.9. The second-order valence-electron chi connectivity index (χ2n) is 9.06. The fourth-order valence-electron chi connectivity index (χ4n) is 5.04. The smallest absolute Gasteiger partial charge is 0.331 e. The molecular formula is C28H21Cl2FN2O4. The molecule has 2 N–H and O–H groups in total. The number of carboxylic acids is 1. The molecule has 0 fully saturated rings. The number of carbonyl (C=O) groups is 3. The first-order chi connectivity index (χ1) is 17.7. The summed E-state index contributed by atoms with van der Waals surface area (Å²) in [5.74, 6) is -2.40. The van der Waals surface area contributed by atoms with E-state index in [4.69, 9.17) is 23.2 Å². The maximum Gasteiger partial charge on any atom is 0.331 e. The second-order valence-corrected chi connectivity index (χ2v) is 9.88. The van der Waals surface area contributed by atoms with Crippen molar-refractivity contribution in [3.8, 4) is 0 Å². The van der Waals surface area contributed by atoms with Crippen LogP contribution < -0.4 is 10.2 Å². The zero-order valence-electron chi connectivity index (χ0n) is 19.4. The van der Waals surface area contributed by atoms with Gasteiger partial charge in [0.25, 0.3) is 11.8 Å². The van der Waals surface area contributed by atoms with E-state index in [1.165, 1.54) is 18.2 Å². The van der Waals surface area contributed by atoms with Crippen molar-refractivity contribution in [2.24, 2.45) is 5.92 Å². The minimum absolute atomic E-state index is 0.0234. The van der Waals surface area contributed by atoms with Gasteiger partial charge in [0.15, 0.2) is 0 Å². The number of nitrogens with zero attached hydrogens (tertiary/aromatic N) is 1. The molecule has 0 radical (unpaired) electrons. The molecule has 1 unspecified atom stereocenters. The quantitative estimate of drug-likeness (QED) is 0.394. The molecule has 188 valence electrons. The minimum atomic E-state index is -0.905. The van der Waals surface area contributed by atoms with E-state index in [9.17, 15) is 23.9 Å². The lowest BCUT2D eigenvalue weighted by Crippen LogP contribution is -2.32. The van der Waals surface area contributed by atoms with Gasteiger partial charge in [-0.15, -0.1) is 0 Å². The SMILES string of the molecule is O=C(O)C1=C[C@@H]2c3ccccc3N(C(=O)c3ccc(NC(=O)c4cc(F)ccc4Cl)cc3Cl)CCC2C1. The van der Waals surface area contributed by atoms with E-state index in [-0.39, 0.29) is 38.9 Å². The van der Waals surface area contributed by atoms with Crippen molar-refractivity contribution in [1.82, 2.24) is 0 Å². The molecule has 1 aliphatic carbocycles. The molecule has 37 heavy (non-hydrogen) atoms. The van der Waals surface area contributed by atoms with Gasteiger partial charge < -0.3 is 15.3 Å². The normalized spacial score (nSPS) is 18.4. The molecule has 2 aliphatic rings. The predicted octanol–water partition coefficient (Wildman–Crippen LogP) is 6.55. The average molecular weight is 539 g/mol. The molecular weight excluding hydrogens is 518 g/mol. The Kier molecular flexibility index (Phi) is 6.75. The van der Waals surface area contributed by atoms with Gasteiger partial charge in [0, 0.05) is 29.4 Å². The third-order valence-corrected chi connectivity index (χ3v) is 7.47. The number of anilines is 2. The number of para-hydroxylation sites is 1. The molecule has 0 spiro atoms. The number of benzene rings is 3. The number of carboxylic acid groups (broad SMARTS) is 1. The number of carbonyl (C=O) groups excluding carboxylic acids is 2. The van der Waals surface area contributed by atoms with Crippen LogP contribution in [0.15, 0.2) is 72.3 Å². The number of aliphatic carboxylic acids is 1. The van der Waals surface area contributed by atoms with Crippen LogP contribution >= 0.6 is 23.2 Å². The van der Waals surface area contributed by atoms with Crippen LogP contribution in [0, 0.1) is 11.7 Å². The second kappa shape index (κ2) is 10.00. The van der Waals surface area contributed by atoms with E-state index in [2.05, 4.69) is 5.32 Å². The minimum Gasteiger partial charge on any atom is -0.478 e. The molecule has 5 rings (SSSR count). The molecule has 6 nitrogen and oxygen atoms in total. The zero-order chi connectivity index (χ0) is 26.3. The molecule has 0 bridgehead atoms. The van der Waals surface area contributed by atoms with Crippen LogP contribution in [-0.4, -0.2) is 29.4 Å². The van der Waals surface area contributed by atoms with Gasteiger partial charge in [-0.25, -0.2) is 9.18 Å². The first-order valence-corrected chi connectivity index (χ1v) is 12.4. The first-order valence-electron chi connectivity index (χ1n) is 11.6. The van der Waals surface area contributed by atoms with Crippen molar-refractivity contribution >= 4 is 52.4 Å². The van der Waals surface area contributed by atoms with Crippen molar-refractivity contribution in [2.45, 2.75) is 18.8 Å². The van der Waals surface area contributed by atoms with Crippen LogP contribution in [0.4, 0.5) is 15.8 Å². The van der Waals surface area contributed by atoms with Gasteiger partial charge >= 0.3 is 5.97 Å². The Morgan fingerprint density at radius 2 is 1.76 bits per heavy atom. The van der Waals surface area contributed by atoms with Crippen LogP contribution in [-0.2, 0) is 4.79 Å². The Morgan fingerprint density at radius 1 is 0.973 bits per heavy atom. The largest absolute Gasteiger partial charge is 0.478 e. The number of allylic oxidation sites excluding steroid dienone is 1. The lowest BCUT2D eigenvalue weighted by atomic mass is 9.87. The molecule has 1 aliphatic heterocycles. The fraction of sp³-hybridized carbons (Fsp3) is 0.179. The highest BCUT2D eigenvalue weighted by molar-refractivity contribution is 6.35.